The van der Waals surface area contributed by atoms with Crippen molar-refractivity contribution in [1.29, 1.82) is 0 Å². The van der Waals surface area contributed by atoms with Crippen molar-refractivity contribution in [3.8, 4) is 28.1 Å². The molecule has 1 aliphatic heterocycles. The smallest absolute Gasteiger partial charge is 0.185 e. The zero-order chi connectivity index (χ0) is 20.3. The summed E-state index contributed by atoms with van der Waals surface area (Å²) in [5.41, 5.74) is 6.15. The van der Waals surface area contributed by atoms with Crippen LogP contribution in [0.15, 0.2) is 41.6 Å². The number of nitrogens with zero attached hydrogens (tertiary/aromatic N) is 4. The highest BCUT2D eigenvalue weighted by atomic mass is 16.5. The predicted octanol–water partition coefficient (Wildman–Crippen LogP) is 3.89. The normalized spacial score (nSPS) is 15.4. The second kappa shape index (κ2) is 6.51. The van der Waals surface area contributed by atoms with E-state index in [0.29, 0.717) is 12.1 Å². The Kier molecular flexibility index (Phi) is 4.05. The maximum atomic E-state index is 12.4. The van der Waals surface area contributed by atoms with E-state index in [1.807, 2.05) is 24.0 Å². The highest BCUT2D eigenvalue weighted by Crippen LogP contribution is 2.41. The van der Waals surface area contributed by atoms with E-state index in [4.69, 9.17) is 4.74 Å². The lowest BCUT2D eigenvalue weighted by atomic mass is 9.95. The average Bonchev–Trinajstić information content (AvgIpc) is 3.42. The van der Waals surface area contributed by atoms with Gasteiger partial charge in [0.05, 0.1) is 25.5 Å². The number of methoxy groups -OCH3 is 1. The van der Waals surface area contributed by atoms with Crippen molar-refractivity contribution in [2.45, 2.75) is 52.2 Å². The maximum absolute atomic E-state index is 12.4. The number of benzene rings is 1. The summed E-state index contributed by atoms with van der Waals surface area (Å²) in [5, 5.41) is 6.88. The number of fused-ring (bicyclic) bond motifs is 3. The minimum Gasteiger partial charge on any atom is -0.496 e. The van der Waals surface area contributed by atoms with Crippen LogP contribution in [0.3, 0.4) is 0 Å². The molecular weight excluding hydrogens is 364 g/mol. The lowest BCUT2D eigenvalue weighted by Crippen LogP contribution is -2.40. The highest BCUT2D eigenvalue weighted by Gasteiger charge is 2.34. The number of pyridine rings is 1. The van der Waals surface area contributed by atoms with Gasteiger partial charge in [0.2, 0.25) is 0 Å². The van der Waals surface area contributed by atoms with E-state index in [-0.39, 0.29) is 5.43 Å². The average molecular weight is 390 g/mol. The summed E-state index contributed by atoms with van der Waals surface area (Å²) in [7, 11) is 1.69. The van der Waals surface area contributed by atoms with Gasteiger partial charge in [0.1, 0.15) is 5.75 Å². The van der Waals surface area contributed by atoms with Crippen LogP contribution in [0.25, 0.3) is 22.4 Å². The molecule has 1 fully saturated rings. The molecule has 3 aromatic rings. The first-order valence-electron chi connectivity index (χ1n) is 10.2. The molecule has 2 aromatic heterocycles. The largest absolute Gasteiger partial charge is 0.496 e. The van der Waals surface area contributed by atoms with E-state index in [2.05, 4.69) is 47.0 Å². The molecule has 6 nitrogen and oxygen atoms in total. The minimum absolute atomic E-state index is 0.0705. The quantitative estimate of drug-likeness (QED) is 0.678. The van der Waals surface area contributed by atoms with Crippen molar-refractivity contribution >= 4 is 0 Å². The monoisotopic (exact) mass is 390 g/mol. The Balaban J connectivity index is 1.69. The summed E-state index contributed by atoms with van der Waals surface area (Å²) < 4.78 is 9.89. The molecule has 6 heteroatoms. The number of ether oxygens (including phenoxy) is 1. The van der Waals surface area contributed by atoms with Crippen LogP contribution < -0.4 is 15.2 Å². The van der Waals surface area contributed by atoms with Crippen LogP contribution in [0.2, 0.25) is 0 Å². The number of aromatic nitrogens is 3. The Labute approximate surface area is 170 Å². The van der Waals surface area contributed by atoms with Gasteiger partial charge in [-0.2, -0.15) is 5.10 Å². The molecule has 1 aromatic carbocycles. The van der Waals surface area contributed by atoms with Crippen LogP contribution in [0, 0.1) is 6.92 Å². The first-order valence-corrected chi connectivity index (χ1v) is 10.2. The van der Waals surface area contributed by atoms with Crippen LogP contribution in [0.4, 0.5) is 0 Å². The van der Waals surface area contributed by atoms with Crippen LogP contribution in [-0.4, -0.2) is 27.6 Å². The molecule has 1 aliphatic carbocycles. The molecule has 0 unspecified atom stereocenters. The van der Waals surface area contributed by atoms with E-state index in [9.17, 15) is 4.79 Å². The number of hydrogen-bond acceptors (Lipinski definition) is 4. The van der Waals surface area contributed by atoms with Gasteiger partial charge in [0.25, 0.3) is 0 Å². The topological polar surface area (TPSA) is 52.3 Å². The van der Waals surface area contributed by atoms with Gasteiger partial charge in [-0.05, 0) is 51.3 Å². The van der Waals surface area contributed by atoms with E-state index in [1.54, 1.807) is 13.2 Å². The van der Waals surface area contributed by atoms with Crippen LogP contribution in [0.5, 0.6) is 5.75 Å². The maximum Gasteiger partial charge on any atom is 0.185 e. The van der Waals surface area contributed by atoms with E-state index in [0.717, 1.165) is 40.2 Å². The van der Waals surface area contributed by atoms with Gasteiger partial charge in [-0.3, -0.25) is 14.2 Å². The molecule has 1 saturated carbocycles. The van der Waals surface area contributed by atoms with Crippen LogP contribution in [-0.2, 0) is 6.54 Å². The van der Waals surface area contributed by atoms with Crippen molar-refractivity contribution in [2.24, 2.45) is 0 Å². The first-order chi connectivity index (χ1) is 14.0. The number of hydrogen-bond donors (Lipinski definition) is 0. The summed E-state index contributed by atoms with van der Waals surface area (Å²) >= 11 is 0. The molecule has 0 N–H and O–H groups in total. The van der Waals surface area contributed by atoms with Gasteiger partial charge in [0, 0.05) is 52.8 Å². The van der Waals surface area contributed by atoms with Gasteiger partial charge in [-0.1, -0.05) is 0 Å². The van der Waals surface area contributed by atoms with Crippen LogP contribution >= 0.6 is 0 Å². The Hall–Kier alpha value is -3.02. The fraction of sp³-hybridized carbons (Fsp3) is 0.391. The van der Waals surface area contributed by atoms with Crippen molar-refractivity contribution in [3.05, 3.63) is 58.1 Å². The summed E-state index contributed by atoms with van der Waals surface area (Å²) in [6, 6.07) is 6.89. The predicted molar refractivity (Wildman–Crippen MR) is 114 cm³/mol. The molecule has 0 radical (unpaired) electrons. The molecule has 29 heavy (non-hydrogen) atoms. The summed E-state index contributed by atoms with van der Waals surface area (Å²) in [6.45, 7) is 6.94. The Morgan fingerprint density at radius 2 is 1.93 bits per heavy atom. The molecular formula is C23H26N4O2. The second-order valence-corrected chi connectivity index (χ2v) is 8.39. The Bertz CT molecular complexity index is 1150. The van der Waals surface area contributed by atoms with Crippen molar-refractivity contribution in [2.75, 3.05) is 12.1 Å². The summed E-state index contributed by atoms with van der Waals surface area (Å²) in [5.74, 6) is 0.798. The van der Waals surface area contributed by atoms with E-state index in [1.165, 1.54) is 18.4 Å². The van der Waals surface area contributed by atoms with Gasteiger partial charge in [0.15, 0.2) is 5.43 Å². The van der Waals surface area contributed by atoms with Crippen LogP contribution in [0.1, 0.15) is 43.9 Å². The molecule has 0 amide bonds. The van der Waals surface area contributed by atoms with Gasteiger partial charge < -0.3 is 9.75 Å². The fourth-order valence-electron chi connectivity index (χ4n) is 4.11. The third-order valence-corrected chi connectivity index (χ3v) is 5.94. The molecule has 0 spiro atoms. The van der Waals surface area contributed by atoms with E-state index < -0.39 is 0 Å². The number of rotatable bonds is 4. The van der Waals surface area contributed by atoms with Gasteiger partial charge >= 0.3 is 0 Å². The molecule has 3 heterocycles. The van der Waals surface area contributed by atoms with Gasteiger partial charge in [-0.25, -0.2) is 0 Å². The SMILES string of the molecule is COc1cc2c(cc1-c1cnn(C(C)C)c1)CN(C1CC1)n1cc(C)c(=O)cc1-2. The third-order valence-electron chi connectivity index (χ3n) is 5.94. The lowest BCUT2D eigenvalue weighted by molar-refractivity contribution is 0.416. The highest BCUT2D eigenvalue weighted by molar-refractivity contribution is 5.78. The zero-order valence-corrected chi connectivity index (χ0v) is 17.3. The van der Waals surface area contributed by atoms with Crippen molar-refractivity contribution < 1.29 is 4.74 Å². The summed E-state index contributed by atoms with van der Waals surface area (Å²) in [6.07, 6.45) is 8.34. The summed E-state index contributed by atoms with van der Waals surface area (Å²) in [4.78, 5) is 12.4. The second-order valence-electron chi connectivity index (χ2n) is 8.39. The molecule has 150 valence electrons. The fourth-order valence-corrected chi connectivity index (χ4v) is 4.11. The third kappa shape index (κ3) is 2.94. The van der Waals surface area contributed by atoms with Crippen molar-refractivity contribution in [3.63, 3.8) is 0 Å². The minimum atomic E-state index is 0.0705. The molecule has 2 aliphatic rings. The Morgan fingerprint density at radius 1 is 1.14 bits per heavy atom. The zero-order valence-electron chi connectivity index (χ0n) is 17.3. The molecule has 5 rings (SSSR count). The molecule has 0 saturated heterocycles. The molecule has 0 atom stereocenters. The van der Waals surface area contributed by atoms with Crippen molar-refractivity contribution in [1.82, 2.24) is 14.5 Å². The number of aryl methyl sites for hydroxylation is 1. The first kappa shape index (κ1) is 18.0. The lowest BCUT2D eigenvalue weighted by Gasteiger charge is -2.36. The van der Waals surface area contributed by atoms with Gasteiger partial charge in [-0.15, -0.1) is 0 Å². The van der Waals surface area contributed by atoms with E-state index >= 15 is 0 Å². The molecule has 0 bridgehead atoms. The standard InChI is InChI=1S/C23H26N4O2/c1-14(2)25-12-17(10-24-25)20-7-16-13-26(18-5-6-18)27-11-15(3)22(28)9-21(27)19(16)8-23(20)29-4/h7-12,14,18H,5-6,13H2,1-4H3. The Morgan fingerprint density at radius 3 is 2.59 bits per heavy atom.